The number of nitrogens with zero attached hydrogens (tertiary/aromatic N) is 4. The molecule has 0 radical (unpaired) electrons. The minimum atomic E-state index is 0.658. The Bertz CT molecular complexity index is 2660. The molecule has 0 aliphatic rings. The molecule has 3 heterocycles. The smallest absolute Gasteiger partial charge is 0.0991 e. The first-order chi connectivity index (χ1) is 28.5. The third-order valence-corrected chi connectivity index (χ3v) is 13.5. The van der Waals surface area contributed by atoms with Gasteiger partial charge in [-0.15, -0.1) is 34.0 Å². The zero-order valence-electron chi connectivity index (χ0n) is 30.8. The van der Waals surface area contributed by atoms with Crippen molar-refractivity contribution in [2.24, 2.45) is 0 Å². The molecule has 4 nitrogen and oxygen atoms in total. The first kappa shape index (κ1) is 36.3. The summed E-state index contributed by atoms with van der Waals surface area (Å²) in [5, 5.41) is 27.6. The van der Waals surface area contributed by atoms with Crippen molar-refractivity contribution in [3.8, 4) is 80.9 Å². The van der Waals surface area contributed by atoms with E-state index in [2.05, 4.69) is 132 Å². The van der Waals surface area contributed by atoms with Crippen molar-refractivity contribution in [2.45, 2.75) is 0 Å². The maximum absolute atomic E-state index is 9.21. The van der Waals surface area contributed by atoms with Crippen LogP contribution in [-0.2, 0) is 0 Å². The molecular formula is C51H30N4S3. The molecule has 7 heteroatoms. The molecule has 0 aliphatic carbocycles. The van der Waals surface area contributed by atoms with Gasteiger partial charge in [0.15, 0.2) is 0 Å². The third kappa shape index (κ3) is 7.48. The highest BCUT2D eigenvalue weighted by atomic mass is 32.1. The topological polar surface area (TPSA) is 74.6 Å². The van der Waals surface area contributed by atoms with E-state index >= 15 is 0 Å². The highest BCUT2D eigenvalue weighted by Gasteiger charge is 2.16. The van der Waals surface area contributed by atoms with E-state index in [4.69, 9.17) is 0 Å². The maximum Gasteiger partial charge on any atom is 0.0991 e. The van der Waals surface area contributed by atoms with Crippen molar-refractivity contribution < 1.29 is 0 Å². The number of nitriles is 3. The molecule has 0 spiro atoms. The van der Waals surface area contributed by atoms with Gasteiger partial charge in [-0.25, -0.2) is 0 Å². The van der Waals surface area contributed by atoms with Crippen molar-refractivity contribution in [1.29, 1.82) is 15.8 Å². The van der Waals surface area contributed by atoms with Crippen LogP contribution in [0.5, 0.6) is 0 Å². The van der Waals surface area contributed by atoms with Gasteiger partial charge in [0, 0.05) is 46.3 Å². The Balaban J connectivity index is 1.02. The lowest BCUT2D eigenvalue weighted by Crippen LogP contribution is -2.09. The van der Waals surface area contributed by atoms with Gasteiger partial charge >= 0.3 is 0 Å². The Kier molecular flexibility index (Phi) is 10.1. The number of hydrogen-bond donors (Lipinski definition) is 0. The van der Waals surface area contributed by atoms with Crippen LogP contribution in [0.15, 0.2) is 182 Å². The van der Waals surface area contributed by atoms with Crippen LogP contribution >= 0.6 is 34.0 Å². The SMILES string of the molecule is N#Cc1ccc(-c2ccc(-c3ccc(N(c4ccc(-c5ccc(-c6ccc(C#N)cc6)s5)cc4)c4ccc(-c5ccc(-c6ccc(C#N)cc6)s5)cc4)cc3)s2)cc1. The molecule has 0 bridgehead atoms. The highest BCUT2D eigenvalue weighted by Crippen LogP contribution is 2.42. The molecule has 9 aromatic rings. The van der Waals surface area contributed by atoms with Crippen molar-refractivity contribution in [3.63, 3.8) is 0 Å². The first-order valence-electron chi connectivity index (χ1n) is 18.5. The molecular weight excluding hydrogens is 765 g/mol. The summed E-state index contributed by atoms with van der Waals surface area (Å²) in [6.07, 6.45) is 0. The van der Waals surface area contributed by atoms with Gasteiger partial charge in [0.1, 0.15) is 0 Å². The van der Waals surface area contributed by atoms with Crippen molar-refractivity contribution in [1.82, 2.24) is 0 Å². The summed E-state index contributed by atoms with van der Waals surface area (Å²) in [6.45, 7) is 0. The van der Waals surface area contributed by atoms with Crippen molar-refractivity contribution in [2.75, 3.05) is 4.90 Å². The summed E-state index contributed by atoms with van der Waals surface area (Å²) < 4.78 is 0. The summed E-state index contributed by atoms with van der Waals surface area (Å²) in [7, 11) is 0. The van der Waals surface area contributed by atoms with Crippen LogP contribution in [0.4, 0.5) is 17.1 Å². The van der Waals surface area contributed by atoms with E-state index in [0.717, 1.165) is 65.1 Å². The fourth-order valence-corrected chi connectivity index (χ4v) is 9.89. The third-order valence-electron chi connectivity index (χ3n) is 9.94. The fourth-order valence-electron chi connectivity index (χ4n) is 6.84. The number of hydrogen-bond acceptors (Lipinski definition) is 7. The summed E-state index contributed by atoms with van der Waals surface area (Å²) in [6, 6.07) is 69.0. The van der Waals surface area contributed by atoms with E-state index in [9.17, 15) is 15.8 Å². The van der Waals surface area contributed by atoms with Gasteiger partial charge in [-0.3, -0.25) is 0 Å². The van der Waals surface area contributed by atoms with Crippen molar-refractivity contribution in [3.05, 3.63) is 199 Å². The molecule has 0 atom stereocenters. The van der Waals surface area contributed by atoms with Gasteiger partial charge in [-0.1, -0.05) is 72.8 Å². The minimum absolute atomic E-state index is 0.658. The van der Waals surface area contributed by atoms with Gasteiger partial charge in [0.05, 0.1) is 34.9 Å². The zero-order chi connectivity index (χ0) is 39.4. The van der Waals surface area contributed by atoms with Gasteiger partial charge in [-0.05, 0) is 143 Å². The van der Waals surface area contributed by atoms with E-state index < -0.39 is 0 Å². The molecule has 3 aromatic heterocycles. The van der Waals surface area contributed by atoms with Crippen LogP contribution in [0.1, 0.15) is 16.7 Å². The van der Waals surface area contributed by atoms with Crippen molar-refractivity contribution >= 4 is 51.1 Å². The molecule has 9 rings (SSSR count). The Labute approximate surface area is 349 Å². The molecule has 0 fully saturated rings. The van der Waals surface area contributed by atoms with Gasteiger partial charge in [0.2, 0.25) is 0 Å². The average molecular weight is 795 g/mol. The molecule has 0 unspecified atom stereocenters. The van der Waals surface area contributed by atoms with Crippen LogP contribution in [0.2, 0.25) is 0 Å². The fraction of sp³-hybridized carbons (Fsp3) is 0. The standard InChI is InChI=1S/C51H30N4S3/c52-31-34-1-7-37(8-2-34)46-25-28-49(56-46)40-13-19-43(20-14-40)55(44-21-15-41(16-22-44)50-29-26-47(57-50)38-9-3-35(32-53)4-10-38)45-23-17-42(18-24-45)51-30-27-48(58-51)39-11-5-36(33-54)6-12-39/h1-30H. The van der Waals surface area contributed by atoms with Crippen LogP contribution in [0.25, 0.3) is 62.6 Å². The average Bonchev–Trinajstić information content (AvgIpc) is 4.10. The summed E-state index contributed by atoms with van der Waals surface area (Å²) >= 11 is 5.23. The maximum atomic E-state index is 9.21. The zero-order valence-corrected chi connectivity index (χ0v) is 33.3. The lowest BCUT2D eigenvalue weighted by molar-refractivity contribution is 1.28. The molecule has 0 saturated heterocycles. The van der Waals surface area contributed by atoms with Crippen LogP contribution < -0.4 is 4.90 Å². The Morgan fingerprint density at radius 3 is 0.638 bits per heavy atom. The van der Waals surface area contributed by atoms with Gasteiger partial charge < -0.3 is 4.90 Å². The van der Waals surface area contributed by atoms with Gasteiger partial charge in [-0.2, -0.15) is 15.8 Å². The first-order valence-corrected chi connectivity index (χ1v) is 20.9. The molecule has 0 N–H and O–H groups in total. The highest BCUT2D eigenvalue weighted by molar-refractivity contribution is 7.19. The summed E-state index contributed by atoms with van der Waals surface area (Å²) in [4.78, 5) is 9.32. The molecule has 58 heavy (non-hydrogen) atoms. The summed E-state index contributed by atoms with van der Waals surface area (Å²) in [5.41, 5.74) is 11.9. The van der Waals surface area contributed by atoms with Crippen LogP contribution in [0, 0.1) is 34.0 Å². The molecule has 272 valence electrons. The molecule has 6 aromatic carbocycles. The quantitative estimate of drug-likeness (QED) is 0.146. The van der Waals surface area contributed by atoms with Gasteiger partial charge in [0.25, 0.3) is 0 Å². The minimum Gasteiger partial charge on any atom is -0.311 e. The number of benzene rings is 6. The van der Waals surface area contributed by atoms with E-state index in [1.165, 1.54) is 14.6 Å². The van der Waals surface area contributed by atoms with E-state index in [-0.39, 0.29) is 0 Å². The lowest BCUT2D eigenvalue weighted by atomic mass is 10.1. The second-order valence-corrected chi connectivity index (χ2v) is 16.8. The van der Waals surface area contributed by atoms with Crippen LogP contribution in [-0.4, -0.2) is 0 Å². The van der Waals surface area contributed by atoms with Crippen LogP contribution in [0.3, 0.4) is 0 Å². The summed E-state index contributed by atoms with van der Waals surface area (Å²) in [5.74, 6) is 0. The number of thiophene rings is 3. The predicted molar refractivity (Wildman–Crippen MR) is 242 cm³/mol. The Hall–Kier alpha value is -7.31. The molecule has 0 saturated carbocycles. The van der Waals surface area contributed by atoms with E-state index in [0.29, 0.717) is 16.7 Å². The Morgan fingerprint density at radius 2 is 0.448 bits per heavy atom. The lowest BCUT2D eigenvalue weighted by Gasteiger charge is -2.26. The molecule has 0 aliphatic heterocycles. The number of anilines is 3. The Morgan fingerprint density at radius 1 is 0.259 bits per heavy atom. The molecule has 0 amide bonds. The second kappa shape index (κ2) is 16.0. The normalized spacial score (nSPS) is 10.7. The van der Waals surface area contributed by atoms with E-state index in [1.54, 1.807) is 34.0 Å². The van der Waals surface area contributed by atoms with E-state index in [1.807, 2.05) is 72.8 Å². The predicted octanol–water partition coefficient (Wildman–Crippen LogP) is 15.0. The second-order valence-electron chi connectivity index (χ2n) is 13.5. The largest absolute Gasteiger partial charge is 0.311 e. The monoisotopic (exact) mass is 794 g/mol. The number of rotatable bonds is 9.